The fraction of sp³-hybridized carbons (Fsp3) is 0.138. The molecule has 0 saturated carbocycles. The number of ether oxygens (including phenoxy) is 1. The molecular formula is C29H26FN7O2. The van der Waals surface area contributed by atoms with Crippen LogP contribution in [0.4, 0.5) is 15.9 Å². The molecule has 0 aliphatic carbocycles. The van der Waals surface area contributed by atoms with Crippen molar-refractivity contribution in [2.75, 3.05) is 11.1 Å². The number of benzene rings is 2. The zero-order valence-electron chi connectivity index (χ0n) is 21.9. The van der Waals surface area contributed by atoms with Gasteiger partial charge < -0.3 is 20.4 Å². The standard InChI is InChI=1S/C29H26FN7O2/c1-15(2)28(38)36-19-7-8-20(16(3)12-19)25-23(24-26(31)33-14-34-27(24)37(25)5)18-6-9-22(21(30)13-18)39-29-32-11-10-17(4)35-29/h6-14H,1H2,2-5H3,(H,36,38)(H2,31,33,34). The number of nitrogen functional groups attached to an aromatic ring is 1. The van der Waals surface area contributed by atoms with E-state index in [-0.39, 0.29) is 23.5 Å². The first kappa shape index (κ1) is 25.5. The number of hydrogen-bond acceptors (Lipinski definition) is 7. The molecule has 3 aromatic heterocycles. The SMILES string of the molecule is C=C(C)C(=O)Nc1ccc(-c2c(-c3ccc(Oc4nccc(C)n4)c(F)c3)c3c(N)ncnc3n2C)c(C)c1. The Balaban J connectivity index is 1.65. The van der Waals surface area contributed by atoms with Crippen LogP contribution in [0.1, 0.15) is 18.2 Å². The lowest BCUT2D eigenvalue weighted by atomic mass is 9.96. The van der Waals surface area contributed by atoms with Crippen LogP contribution in [0.5, 0.6) is 11.8 Å². The van der Waals surface area contributed by atoms with E-state index in [9.17, 15) is 4.79 Å². The minimum Gasteiger partial charge on any atom is -0.421 e. The lowest BCUT2D eigenvalue weighted by Gasteiger charge is -2.14. The van der Waals surface area contributed by atoms with Gasteiger partial charge in [-0.2, -0.15) is 0 Å². The molecule has 5 aromatic rings. The van der Waals surface area contributed by atoms with Crippen LogP contribution in [0.15, 0.2) is 67.1 Å². The molecule has 3 heterocycles. The van der Waals surface area contributed by atoms with E-state index in [2.05, 4.69) is 31.8 Å². The molecule has 0 aliphatic heterocycles. The van der Waals surface area contributed by atoms with Crippen LogP contribution in [0.3, 0.4) is 0 Å². The summed E-state index contributed by atoms with van der Waals surface area (Å²) in [6, 6.07) is 12.0. The summed E-state index contributed by atoms with van der Waals surface area (Å²) in [5, 5.41) is 3.43. The summed E-state index contributed by atoms with van der Waals surface area (Å²) in [5.74, 6) is -0.590. The van der Waals surface area contributed by atoms with Crippen LogP contribution in [0, 0.1) is 19.7 Å². The van der Waals surface area contributed by atoms with Gasteiger partial charge in [0.1, 0.15) is 17.8 Å². The molecule has 39 heavy (non-hydrogen) atoms. The second kappa shape index (κ2) is 9.97. The molecule has 0 unspecified atom stereocenters. The number of hydrogen-bond donors (Lipinski definition) is 2. The van der Waals surface area contributed by atoms with Crippen LogP contribution in [0.2, 0.25) is 0 Å². The van der Waals surface area contributed by atoms with Crippen molar-refractivity contribution >= 4 is 28.4 Å². The van der Waals surface area contributed by atoms with Gasteiger partial charge in [-0.3, -0.25) is 4.79 Å². The molecule has 3 N–H and O–H groups in total. The highest BCUT2D eigenvalue weighted by Crippen LogP contribution is 2.43. The van der Waals surface area contributed by atoms with Crippen LogP contribution >= 0.6 is 0 Å². The molecule has 1 amide bonds. The van der Waals surface area contributed by atoms with Gasteiger partial charge in [-0.15, -0.1) is 0 Å². The maximum Gasteiger partial charge on any atom is 0.322 e. The fourth-order valence-electron chi connectivity index (χ4n) is 4.43. The molecular weight excluding hydrogens is 497 g/mol. The van der Waals surface area contributed by atoms with Crippen molar-refractivity contribution in [1.82, 2.24) is 24.5 Å². The highest BCUT2D eigenvalue weighted by molar-refractivity contribution is 6.08. The van der Waals surface area contributed by atoms with Crippen molar-refractivity contribution in [2.24, 2.45) is 7.05 Å². The largest absolute Gasteiger partial charge is 0.421 e. The molecule has 0 radical (unpaired) electrons. The van der Waals surface area contributed by atoms with Crippen LogP contribution in [-0.4, -0.2) is 30.4 Å². The van der Waals surface area contributed by atoms with E-state index in [1.165, 1.54) is 18.5 Å². The minimum absolute atomic E-state index is 0.0101. The van der Waals surface area contributed by atoms with Crippen molar-refractivity contribution < 1.29 is 13.9 Å². The third-order valence-corrected chi connectivity index (χ3v) is 6.32. The predicted molar refractivity (Wildman–Crippen MR) is 149 cm³/mol. The summed E-state index contributed by atoms with van der Waals surface area (Å²) < 4.78 is 22.9. The first-order valence-electron chi connectivity index (χ1n) is 12.1. The first-order chi connectivity index (χ1) is 18.6. The van der Waals surface area contributed by atoms with Gasteiger partial charge in [-0.25, -0.2) is 24.3 Å². The van der Waals surface area contributed by atoms with Crippen LogP contribution < -0.4 is 15.8 Å². The molecule has 0 bridgehead atoms. The minimum atomic E-state index is -0.592. The second-order valence-electron chi connectivity index (χ2n) is 9.23. The van der Waals surface area contributed by atoms with E-state index >= 15 is 4.39 Å². The average molecular weight is 524 g/mol. The van der Waals surface area contributed by atoms with E-state index in [1.54, 1.807) is 38.2 Å². The van der Waals surface area contributed by atoms with Crippen LogP contribution in [0.25, 0.3) is 33.4 Å². The van der Waals surface area contributed by atoms with Gasteiger partial charge in [0, 0.05) is 41.3 Å². The highest BCUT2D eigenvalue weighted by Gasteiger charge is 2.24. The lowest BCUT2D eigenvalue weighted by molar-refractivity contribution is -0.112. The van der Waals surface area contributed by atoms with Crippen molar-refractivity contribution in [3.8, 4) is 34.1 Å². The summed E-state index contributed by atoms with van der Waals surface area (Å²) >= 11 is 0. The fourth-order valence-corrected chi connectivity index (χ4v) is 4.43. The topological polar surface area (TPSA) is 121 Å². The molecule has 0 atom stereocenters. The van der Waals surface area contributed by atoms with Crippen molar-refractivity contribution in [2.45, 2.75) is 20.8 Å². The maximum absolute atomic E-state index is 15.4. The number of amides is 1. The summed E-state index contributed by atoms with van der Waals surface area (Å²) in [6.07, 6.45) is 2.94. The van der Waals surface area contributed by atoms with Crippen LogP contribution in [-0.2, 0) is 11.8 Å². The molecule has 9 nitrogen and oxygen atoms in total. The number of fused-ring (bicyclic) bond motifs is 1. The number of nitrogens with two attached hydrogens (primary N) is 1. The summed E-state index contributed by atoms with van der Waals surface area (Å²) in [5.41, 5.74) is 12.4. The summed E-state index contributed by atoms with van der Waals surface area (Å²) in [7, 11) is 1.87. The lowest BCUT2D eigenvalue weighted by Crippen LogP contribution is -2.11. The number of anilines is 2. The van der Waals surface area contributed by atoms with E-state index in [4.69, 9.17) is 10.5 Å². The van der Waals surface area contributed by atoms with Gasteiger partial charge in [0.2, 0.25) is 0 Å². The number of carbonyl (C=O) groups excluding carboxylic acids is 1. The zero-order chi connectivity index (χ0) is 27.8. The normalized spacial score (nSPS) is 11.0. The predicted octanol–water partition coefficient (Wildman–Crippen LogP) is 5.74. The number of nitrogens with one attached hydrogen (secondary N) is 1. The van der Waals surface area contributed by atoms with Gasteiger partial charge in [-0.05, 0) is 62.2 Å². The molecule has 0 aliphatic rings. The summed E-state index contributed by atoms with van der Waals surface area (Å²) in [6.45, 7) is 9.06. The Hall–Kier alpha value is -5.12. The Morgan fingerprint density at radius 1 is 1.10 bits per heavy atom. The first-order valence-corrected chi connectivity index (χ1v) is 12.1. The molecule has 5 rings (SSSR count). The monoisotopic (exact) mass is 523 g/mol. The number of nitrogens with zero attached hydrogens (tertiary/aromatic N) is 5. The van der Waals surface area contributed by atoms with Crippen molar-refractivity contribution in [3.05, 3.63) is 84.2 Å². The van der Waals surface area contributed by atoms with E-state index < -0.39 is 5.82 Å². The molecule has 2 aromatic carbocycles. The van der Waals surface area contributed by atoms with E-state index in [1.807, 2.05) is 30.7 Å². The second-order valence-corrected chi connectivity index (χ2v) is 9.23. The van der Waals surface area contributed by atoms with Crippen molar-refractivity contribution in [1.29, 1.82) is 0 Å². The number of carbonyl (C=O) groups is 1. The van der Waals surface area contributed by atoms with E-state index in [0.29, 0.717) is 39.1 Å². The van der Waals surface area contributed by atoms with Gasteiger partial charge in [-0.1, -0.05) is 18.7 Å². The Bertz CT molecular complexity index is 1780. The van der Waals surface area contributed by atoms with Crippen molar-refractivity contribution in [3.63, 3.8) is 0 Å². The number of aromatic nitrogens is 5. The molecule has 10 heteroatoms. The molecule has 0 saturated heterocycles. The maximum atomic E-state index is 15.4. The molecule has 196 valence electrons. The van der Waals surface area contributed by atoms with Gasteiger partial charge >= 0.3 is 6.01 Å². The Morgan fingerprint density at radius 3 is 2.59 bits per heavy atom. The third-order valence-electron chi connectivity index (χ3n) is 6.32. The number of rotatable bonds is 6. The highest BCUT2D eigenvalue weighted by atomic mass is 19.1. The van der Waals surface area contributed by atoms with E-state index in [0.717, 1.165) is 16.8 Å². The van der Waals surface area contributed by atoms with Gasteiger partial charge in [0.05, 0.1) is 11.1 Å². The Kier molecular flexibility index (Phi) is 6.53. The number of halogens is 1. The average Bonchev–Trinajstić information content (AvgIpc) is 3.18. The smallest absolute Gasteiger partial charge is 0.322 e. The Labute approximate surface area is 224 Å². The number of aryl methyl sites for hydroxylation is 3. The molecule has 0 spiro atoms. The van der Waals surface area contributed by atoms with Gasteiger partial charge in [0.25, 0.3) is 5.91 Å². The third kappa shape index (κ3) is 4.79. The van der Waals surface area contributed by atoms with Gasteiger partial charge in [0.15, 0.2) is 11.6 Å². The Morgan fingerprint density at radius 2 is 1.90 bits per heavy atom. The summed E-state index contributed by atoms with van der Waals surface area (Å²) in [4.78, 5) is 29.0. The quantitative estimate of drug-likeness (QED) is 0.272. The molecule has 0 fully saturated rings. The zero-order valence-corrected chi connectivity index (χ0v) is 21.9.